The fraction of sp³-hybridized carbons (Fsp3) is 0.778. The lowest BCUT2D eigenvalue weighted by molar-refractivity contribution is 0.604. The van der Waals surface area contributed by atoms with Crippen molar-refractivity contribution in [3.05, 3.63) is 12.2 Å². The number of rotatable bonds is 4. The highest BCUT2D eigenvalue weighted by atomic mass is 14.0. The van der Waals surface area contributed by atoms with Crippen molar-refractivity contribution in [1.29, 1.82) is 0 Å². The topological polar surface area (TPSA) is 0 Å². The molecule has 0 aromatic carbocycles. The zero-order valence-electron chi connectivity index (χ0n) is 6.85. The average molecular weight is 126 g/mol. The SMILES string of the molecule is CC/C=C\C(CC)CC. The van der Waals surface area contributed by atoms with Gasteiger partial charge in [-0.2, -0.15) is 0 Å². The lowest BCUT2D eigenvalue weighted by Gasteiger charge is -2.03. The van der Waals surface area contributed by atoms with E-state index in [1.54, 1.807) is 0 Å². The zero-order valence-corrected chi connectivity index (χ0v) is 6.85. The van der Waals surface area contributed by atoms with Gasteiger partial charge in [0.1, 0.15) is 0 Å². The van der Waals surface area contributed by atoms with E-state index in [9.17, 15) is 0 Å². The molecule has 0 heteroatoms. The minimum absolute atomic E-state index is 0.824. The highest BCUT2D eigenvalue weighted by Gasteiger charge is 1.94. The van der Waals surface area contributed by atoms with Crippen LogP contribution in [-0.2, 0) is 0 Å². The van der Waals surface area contributed by atoms with Crippen LogP contribution >= 0.6 is 0 Å². The van der Waals surface area contributed by atoms with Crippen molar-refractivity contribution in [3.8, 4) is 0 Å². The first-order valence-corrected chi connectivity index (χ1v) is 4.01. The summed E-state index contributed by atoms with van der Waals surface area (Å²) in [5.74, 6) is 0.824. The number of hydrogen-bond donors (Lipinski definition) is 0. The van der Waals surface area contributed by atoms with E-state index in [2.05, 4.69) is 32.9 Å². The summed E-state index contributed by atoms with van der Waals surface area (Å²) >= 11 is 0. The molecular weight excluding hydrogens is 108 g/mol. The molecular formula is C9H18. The Morgan fingerprint density at radius 1 is 1.11 bits per heavy atom. The summed E-state index contributed by atoms with van der Waals surface area (Å²) in [6, 6.07) is 0. The fourth-order valence-corrected chi connectivity index (χ4v) is 0.889. The number of allylic oxidation sites excluding steroid dienone is 2. The molecule has 0 aromatic rings. The quantitative estimate of drug-likeness (QED) is 0.506. The third kappa shape index (κ3) is 4.26. The van der Waals surface area contributed by atoms with Crippen LogP contribution in [0.2, 0.25) is 0 Å². The maximum absolute atomic E-state index is 2.33. The van der Waals surface area contributed by atoms with Gasteiger partial charge < -0.3 is 0 Å². The van der Waals surface area contributed by atoms with E-state index in [4.69, 9.17) is 0 Å². The lowest BCUT2D eigenvalue weighted by Crippen LogP contribution is -1.89. The minimum atomic E-state index is 0.824. The van der Waals surface area contributed by atoms with Gasteiger partial charge in [0.25, 0.3) is 0 Å². The maximum Gasteiger partial charge on any atom is -0.0239 e. The molecule has 0 heterocycles. The molecule has 54 valence electrons. The molecule has 0 saturated heterocycles. The number of hydrogen-bond acceptors (Lipinski definition) is 0. The van der Waals surface area contributed by atoms with Crippen LogP contribution in [0.25, 0.3) is 0 Å². The van der Waals surface area contributed by atoms with Gasteiger partial charge in [-0.15, -0.1) is 0 Å². The van der Waals surface area contributed by atoms with E-state index in [1.807, 2.05) is 0 Å². The van der Waals surface area contributed by atoms with Crippen molar-refractivity contribution < 1.29 is 0 Å². The Kier molecular flexibility index (Phi) is 5.70. The first-order valence-electron chi connectivity index (χ1n) is 4.01. The summed E-state index contributed by atoms with van der Waals surface area (Å²) in [6.45, 7) is 6.67. The molecule has 0 aliphatic heterocycles. The zero-order chi connectivity index (χ0) is 7.11. The molecule has 0 nitrogen and oxygen atoms in total. The van der Waals surface area contributed by atoms with Crippen LogP contribution in [0.4, 0.5) is 0 Å². The second-order valence-electron chi connectivity index (χ2n) is 2.41. The largest absolute Gasteiger partial charge is 0.0885 e. The van der Waals surface area contributed by atoms with E-state index in [0.29, 0.717) is 0 Å². The Bertz CT molecular complexity index is 68.1. The lowest BCUT2D eigenvalue weighted by atomic mass is 10.0. The van der Waals surface area contributed by atoms with Crippen LogP contribution in [0.15, 0.2) is 12.2 Å². The predicted molar refractivity (Wildman–Crippen MR) is 43.5 cm³/mol. The smallest absolute Gasteiger partial charge is 0.0239 e. The van der Waals surface area contributed by atoms with Gasteiger partial charge >= 0.3 is 0 Å². The van der Waals surface area contributed by atoms with Crippen LogP contribution < -0.4 is 0 Å². The average Bonchev–Trinajstić information content (AvgIpc) is 1.91. The van der Waals surface area contributed by atoms with Gasteiger partial charge in [-0.1, -0.05) is 32.9 Å². The Hall–Kier alpha value is -0.260. The normalized spacial score (nSPS) is 11.6. The summed E-state index contributed by atoms with van der Waals surface area (Å²) in [4.78, 5) is 0. The molecule has 0 aliphatic rings. The first kappa shape index (κ1) is 8.74. The maximum atomic E-state index is 2.33. The summed E-state index contributed by atoms with van der Waals surface area (Å²) in [7, 11) is 0. The summed E-state index contributed by atoms with van der Waals surface area (Å²) in [6.07, 6.45) is 8.34. The van der Waals surface area contributed by atoms with Crippen molar-refractivity contribution >= 4 is 0 Å². The van der Waals surface area contributed by atoms with E-state index < -0.39 is 0 Å². The van der Waals surface area contributed by atoms with E-state index >= 15 is 0 Å². The Morgan fingerprint density at radius 2 is 1.67 bits per heavy atom. The molecule has 0 fully saturated rings. The van der Waals surface area contributed by atoms with Crippen molar-refractivity contribution in [3.63, 3.8) is 0 Å². The first-order chi connectivity index (χ1) is 4.35. The van der Waals surface area contributed by atoms with Crippen molar-refractivity contribution in [2.24, 2.45) is 5.92 Å². The molecule has 0 saturated carbocycles. The molecule has 9 heavy (non-hydrogen) atoms. The van der Waals surface area contributed by atoms with Crippen LogP contribution in [0.5, 0.6) is 0 Å². The molecule has 0 bridgehead atoms. The van der Waals surface area contributed by atoms with E-state index in [1.165, 1.54) is 19.3 Å². The van der Waals surface area contributed by atoms with Gasteiger partial charge in [0.05, 0.1) is 0 Å². The Labute approximate surface area is 59.0 Å². The van der Waals surface area contributed by atoms with Gasteiger partial charge in [-0.05, 0) is 25.2 Å². The molecule has 0 unspecified atom stereocenters. The summed E-state index contributed by atoms with van der Waals surface area (Å²) in [5, 5.41) is 0. The van der Waals surface area contributed by atoms with Gasteiger partial charge in [0.15, 0.2) is 0 Å². The Morgan fingerprint density at radius 3 is 2.00 bits per heavy atom. The van der Waals surface area contributed by atoms with Gasteiger partial charge in [0.2, 0.25) is 0 Å². The summed E-state index contributed by atoms with van der Waals surface area (Å²) in [5.41, 5.74) is 0. The second kappa shape index (κ2) is 5.87. The van der Waals surface area contributed by atoms with Gasteiger partial charge in [0, 0.05) is 0 Å². The molecule has 0 spiro atoms. The van der Waals surface area contributed by atoms with E-state index in [0.717, 1.165) is 5.92 Å². The van der Waals surface area contributed by atoms with Gasteiger partial charge in [-0.25, -0.2) is 0 Å². The minimum Gasteiger partial charge on any atom is -0.0885 e. The highest BCUT2D eigenvalue weighted by molar-refractivity contribution is 4.85. The molecule has 0 aromatic heterocycles. The van der Waals surface area contributed by atoms with Crippen LogP contribution in [-0.4, -0.2) is 0 Å². The second-order valence-corrected chi connectivity index (χ2v) is 2.41. The van der Waals surface area contributed by atoms with Crippen molar-refractivity contribution in [2.75, 3.05) is 0 Å². The highest BCUT2D eigenvalue weighted by Crippen LogP contribution is 2.08. The van der Waals surface area contributed by atoms with Crippen molar-refractivity contribution in [2.45, 2.75) is 40.0 Å². The monoisotopic (exact) mass is 126 g/mol. The molecule has 0 radical (unpaired) electrons. The molecule has 0 aliphatic carbocycles. The van der Waals surface area contributed by atoms with Gasteiger partial charge in [-0.3, -0.25) is 0 Å². The Balaban J connectivity index is 3.41. The van der Waals surface area contributed by atoms with E-state index in [-0.39, 0.29) is 0 Å². The fourth-order valence-electron chi connectivity index (χ4n) is 0.889. The third-order valence-corrected chi connectivity index (χ3v) is 1.69. The van der Waals surface area contributed by atoms with Crippen molar-refractivity contribution in [1.82, 2.24) is 0 Å². The summed E-state index contributed by atoms with van der Waals surface area (Å²) < 4.78 is 0. The molecule has 0 amide bonds. The predicted octanol–water partition coefficient (Wildman–Crippen LogP) is 3.39. The van der Waals surface area contributed by atoms with Crippen LogP contribution in [0, 0.1) is 5.92 Å². The van der Waals surface area contributed by atoms with Crippen LogP contribution in [0.3, 0.4) is 0 Å². The molecule has 0 N–H and O–H groups in total. The molecule has 0 atom stereocenters. The standard InChI is InChI=1S/C9H18/c1-4-7-8-9(5-2)6-3/h7-9H,4-6H2,1-3H3/b8-7-. The van der Waals surface area contributed by atoms with Crippen LogP contribution in [0.1, 0.15) is 40.0 Å². The third-order valence-electron chi connectivity index (χ3n) is 1.69. The molecule has 0 rings (SSSR count).